The van der Waals surface area contributed by atoms with E-state index in [0.29, 0.717) is 19.8 Å². The van der Waals surface area contributed by atoms with Crippen molar-refractivity contribution in [3.63, 3.8) is 0 Å². The van der Waals surface area contributed by atoms with Gasteiger partial charge in [0, 0.05) is 6.42 Å². The van der Waals surface area contributed by atoms with E-state index in [1.165, 1.54) is 0 Å². The summed E-state index contributed by atoms with van der Waals surface area (Å²) in [5.41, 5.74) is 0.946. The van der Waals surface area contributed by atoms with E-state index in [4.69, 9.17) is 15.4 Å². The van der Waals surface area contributed by atoms with Crippen molar-refractivity contribution >= 4 is 15.9 Å². The summed E-state index contributed by atoms with van der Waals surface area (Å²) in [5.74, 6) is 6.55. The maximum atomic E-state index is 5.60. The number of benzene rings is 1. The quantitative estimate of drug-likeness (QED) is 0.838. The number of hydrogen-bond donors (Lipinski definition) is 1. The summed E-state index contributed by atoms with van der Waals surface area (Å²) < 4.78 is 12.0. The summed E-state index contributed by atoms with van der Waals surface area (Å²) in [7, 11) is 0. The smallest absolute Gasteiger partial charge is 0.175 e. The number of hydrogen-bond acceptors (Lipinski definition) is 4. The van der Waals surface area contributed by atoms with Crippen molar-refractivity contribution in [2.75, 3.05) is 13.2 Å². The Morgan fingerprint density at radius 1 is 1.33 bits per heavy atom. The lowest BCUT2D eigenvalue weighted by Gasteiger charge is -2.11. The first kappa shape index (κ1) is 10.7. The monoisotopic (exact) mass is 273 g/mol. The third-order valence-corrected chi connectivity index (χ3v) is 3.04. The van der Waals surface area contributed by atoms with E-state index in [9.17, 15) is 0 Å². The Kier molecular flexibility index (Phi) is 3.45. The molecule has 1 aliphatic rings. The maximum Gasteiger partial charge on any atom is 0.175 e. The van der Waals surface area contributed by atoms with Gasteiger partial charge in [0.2, 0.25) is 0 Å². The van der Waals surface area contributed by atoms with E-state index < -0.39 is 0 Å². The van der Waals surface area contributed by atoms with E-state index >= 15 is 0 Å². The fraction of sp³-hybridized carbons (Fsp3) is 0.400. The van der Waals surface area contributed by atoms with Crippen LogP contribution in [0.2, 0.25) is 0 Å². The molecule has 0 bridgehead atoms. The molecule has 1 aliphatic heterocycles. The van der Waals surface area contributed by atoms with Gasteiger partial charge in [0.05, 0.1) is 24.3 Å². The molecule has 2 N–H and O–H groups in total. The van der Waals surface area contributed by atoms with E-state index in [-0.39, 0.29) is 0 Å². The van der Waals surface area contributed by atoms with Crippen LogP contribution in [0.3, 0.4) is 0 Å². The normalized spacial score (nSPS) is 14.8. The SMILES string of the molecule is NOCc1ccc2c(c1Br)OCCCO2. The van der Waals surface area contributed by atoms with Crippen LogP contribution in [0.5, 0.6) is 11.5 Å². The fourth-order valence-corrected chi connectivity index (χ4v) is 2.00. The summed E-state index contributed by atoms with van der Waals surface area (Å²) >= 11 is 3.46. The van der Waals surface area contributed by atoms with E-state index in [2.05, 4.69) is 20.8 Å². The second-order valence-electron chi connectivity index (χ2n) is 3.23. The van der Waals surface area contributed by atoms with Gasteiger partial charge in [0.25, 0.3) is 0 Å². The van der Waals surface area contributed by atoms with Crippen LogP contribution in [0, 0.1) is 0 Å². The van der Waals surface area contributed by atoms with Gasteiger partial charge in [0.15, 0.2) is 11.5 Å². The second-order valence-corrected chi connectivity index (χ2v) is 4.02. The molecule has 15 heavy (non-hydrogen) atoms. The van der Waals surface area contributed by atoms with Gasteiger partial charge < -0.3 is 9.47 Å². The van der Waals surface area contributed by atoms with Gasteiger partial charge in [-0.2, -0.15) is 0 Å². The third kappa shape index (κ3) is 2.25. The van der Waals surface area contributed by atoms with Crippen LogP contribution in [0.4, 0.5) is 0 Å². The van der Waals surface area contributed by atoms with Crippen molar-refractivity contribution in [3.05, 3.63) is 22.2 Å². The molecule has 0 unspecified atom stereocenters. The zero-order valence-corrected chi connectivity index (χ0v) is 9.75. The van der Waals surface area contributed by atoms with Crippen LogP contribution in [-0.4, -0.2) is 13.2 Å². The molecule has 1 aromatic carbocycles. The Bertz CT molecular complexity index is 357. The number of rotatable bonds is 2. The molecule has 82 valence electrons. The topological polar surface area (TPSA) is 53.7 Å². The van der Waals surface area contributed by atoms with Gasteiger partial charge in [-0.1, -0.05) is 6.07 Å². The van der Waals surface area contributed by atoms with Crippen molar-refractivity contribution in [3.8, 4) is 11.5 Å². The fourth-order valence-electron chi connectivity index (χ4n) is 1.44. The van der Waals surface area contributed by atoms with Gasteiger partial charge in [-0.05, 0) is 27.6 Å². The Morgan fingerprint density at radius 2 is 2.13 bits per heavy atom. The largest absolute Gasteiger partial charge is 0.490 e. The summed E-state index contributed by atoms with van der Waals surface area (Å²) in [6, 6.07) is 3.78. The minimum atomic E-state index is 0.344. The van der Waals surface area contributed by atoms with Crippen molar-refractivity contribution in [1.82, 2.24) is 0 Å². The Hall–Kier alpha value is -0.780. The lowest BCUT2D eigenvalue weighted by atomic mass is 10.2. The first-order chi connectivity index (χ1) is 7.33. The molecule has 0 atom stereocenters. The molecule has 0 fully saturated rings. The standard InChI is InChI=1S/C10H12BrNO3/c11-9-7(6-15-12)2-3-8-10(9)14-5-1-4-13-8/h2-3H,1,4-6,12H2. The predicted molar refractivity (Wildman–Crippen MR) is 58.7 cm³/mol. The molecule has 0 aromatic heterocycles. The molecule has 0 spiro atoms. The molecule has 4 nitrogen and oxygen atoms in total. The molecule has 0 radical (unpaired) electrons. The predicted octanol–water partition coefficient (Wildman–Crippen LogP) is 2.00. The number of nitrogens with two attached hydrogens (primary N) is 1. The number of ether oxygens (including phenoxy) is 2. The average Bonchev–Trinajstić information content (AvgIpc) is 2.48. The highest BCUT2D eigenvalue weighted by Crippen LogP contribution is 2.39. The van der Waals surface area contributed by atoms with Gasteiger partial charge in [-0.15, -0.1) is 0 Å². The number of fused-ring (bicyclic) bond motifs is 1. The molecule has 0 aliphatic carbocycles. The molecule has 0 amide bonds. The van der Waals surface area contributed by atoms with Crippen molar-refractivity contribution in [2.24, 2.45) is 5.90 Å². The van der Waals surface area contributed by atoms with Crippen LogP contribution in [-0.2, 0) is 11.4 Å². The summed E-state index contributed by atoms with van der Waals surface area (Å²) in [6.07, 6.45) is 0.893. The molecule has 1 aromatic rings. The Labute approximate surface area is 96.4 Å². The average molecular weight is 274 g/mol. The van der Waals surface area contributed by atoms with E-state index in [0.717, 1.165) is 28.0 Å². The molecule has 0 saturated carbocycles. The highest BCUT2D eigenvalue weighted by atomic mass is 79.9. The highest BCUT2D eigenvalue weighted by Gasteiger charge is 2.16. The van der Waals surface area contributed by atoms with E-state index in [1.54, 1.807) is 0 Å². The van der Waals surface area contributed by atoms with Gasteiger partial charge in [-0.25, -0.2) is 5.90 Å². The van der Waals surface area contributed by atoms with Gasteiger partial charge in [0.1, 0.15) is 0 Å². The second kappa shape index (κ2) is 4.83. The zero-order chi connectivity index (χ0) is 10.7. The molecule has 5 heteroatoms. The Balaban J connectivity index is 2.36. The molecular weight excluding hydrogens is 262 g/mol. The van der Waals surface area contributed by atoms with Crippen molar-refractivity contribution < 1.29 is 14.3 Å². The van der Waals surface area contributed by atoms with Crippen molar-refractivity contribution in [1.29, 1.82) is 0 Å². The summed E-state index contributed by atoms with van der Waals surface area (Å²) in [5, 5.41) is 0. The lowest BCUT2D eigenvalue weighted by molar-refractivity contribution is 0.123. The summed E-state index contributed by atoms with van der Waals surface area (Å²) in [6.45, 7) is 1.70. The zero-order valence-electron chi connectivity index (χ0n) is 8.16. The Morgan fingerprint density at radius 3 is 2.93 bits per heavy atom. The van der Waals surface area contributed by atoms with Gasteiger partial charge >= 0.3 is 0 Å². The highest BCUT2D eigenvalue weighted by molar-refractivity contribution is 9.10. The van der Waals surface area contributed by atoms with Crippen LogP contribution >= 0.6 is 15.9 Å². The van der Waals surface area contributed by atoms with Crippen molar-refractivity contribution in [2.45, 2.75) is 13.0 Å². The van der Waals surface area contributed by atoms with Crippen LogP contribution in [0.1, 0.15) is 12.0 Å². The van der Waals surface area contributed by atoms with Crippen LogP contribution < -0.4 is 15.4 Å². The van der Waals surface area contributed by atoms with Gasteiger partial charge in [-0.3, -0.25) is 4.84 Å². The van der Waals surface area contributed by atoms with Crippen LogP contribution in [0.25, 0.3) is 0 Å². The first-order valence-corrected chi connectivity index (χ1v) is 5.51. The first-order valence-electron chi connectivity index (χ1n) is 4.71. The molecule has 0 saturated heterocycles. The number of halogens is 1. The minimum absolute atomic E-state index is 0.344. The molecule has 2 rings (SSSR count). The molecule has 1 heterocycles. The molecular formula is C10H12BrNO3. The van der Waals surface area contributed by atoms with E-state index in [1.807, 2.05) is 12.1 Å². The third-order valence-electron chi connectivity index (χ3n) is 2.17. The van der Waals surface area contributed by atoms with Crippen LogP contribution in [0.15, 0.2) is 16.6 Å². The maximum absolute atomic E-state index is 5.60. The minimum Gasteiger partial charge on any atom is -0.490 e. The summed E-state index contributed by atoms with van der Waals surface area (Å²) in [4.78, 5) is 4.60. The lowest BCUT2D eigenvalue weighted by Crippen LogP contribution is -2.01.